The van der Waals surface area contributed by atoms with E-state index in [9.17, 15) is 4.79 Å². The van der Waals surface area contributed by atoms with Crippen molar-refractivity contribution in [1.82, 2.24) is 0 Å². The second-order valence-corrected chi connectivity index (χ2v) is 5.11. The summed E-state index contributed by atoms with van der Waals surface area (Å²) in [5.74, 6) is 0. The van der Waals surface area contributed by atoms with Crippen LogP contribution in [0.5, 0.6) is 0 Å². The second kappa shape index (κ2) is 7.72. The zero-order chi connectivity index (χ0) is 13.4. The van der Waals surface area contributed by atoms with Gasteiger partial charge >= 0.3 is 0 Å². The molecule has 0 aliphatic heterocycles. The Morgan fingerprint density at radius 1 is 1.33 bits per heavy atom. The van der Waals surface area contributed by atoms with Crippen LogP contribution in [0, 0.1) is 0 Å². The molecule has 1 aromatic carbocycles. The molecule has 0 spiro atoms. The molecule has 0 bridgehead atoms. The molecule has 0 saturated carbocycles. The maximum atomic E-state index is 10.6. The minimum Gasteiger partial charge on any atom is -0.298 e. The average Bonchev–Trinajstić information content (AvgIpc) is 2.43. The van der Waals surface area contributed by atoms with Crippen molar-refractivity contribution in [2.45, 2.75) is 12.2 Å². The van der Waals surface area contributed by atoms with Crippen molar-refractivity contribution < 1.29 is 4.79 Å². The van der Waals surface area contributed by atoms with Crippen LogP contribution in [0.25, 0.3) is 5.57 Å². The highest BCUT2D eigenvalue weighted by atomic mass is 32.2. The summed E-state index contributed by atoms with van der Waals surface area (Å²) in [4.78, 5) is 10.6. The number of benzene rings is 1. The van der Waals surface area contributed by atoms with Crippen molar-refractivity contribution in [1.29, 1.82) is 0 Å². The highest BCUT2D eigenvalue weighted by Gasteiger charge is 1.99. The molecule has 94 valence electrons. The van der Waals surface area contributed by atoms with Crippen LogP contribution in [0.15, 0.2) is 55.1 Å². The van der Waals surface area contributed by atoms with Gasteiger partial charge in [-0.3, -0.25) is 4.79 Å². The first-order chi connectivity index (χ1) is 8.71. The highest BCUT2D eigenvalue weighted by Crippen LogP contribution is 2.18. The first-order valence-electron chi connectivity index (χ1n) is 5.80. The van der Waals surface area contributed by atoms with E-state index in [-0.39, 0.29) is 0 Å². The molecular formula is C16H18OS. The third-order valence-corrected chi connectivity index (χ3v) is 3.50. The van der Waals surface area contributed by atoms with Crippen LogP contribution < -0.4 is 0 Å². The summed E-state index contributed by atoms with van der Waals surface area (Å²) in [5.41, 5.74) is 2.88. The summed E-state index contributed by atoms with van der Waals surface area (Å²) in [7, 11) is 0. The number of carbonyl (C=O) groups excluding carboxylic acids is 1. The summed E-state index contributed by atoms with van der Waals surface area (Å²) in [6.45, 7) is 5.89. The van der Waals surface area contributed by atoms with Gasteiger partial charge in [-0.1, -0.05) is 55.1 Å². The molecule has 18 heavy (non-hydrogen) atoms. The van der Waals surface area contributed by atoms with Gasteiger partial charge in [-0.25, -0.2) is 0 Å². The van der Waals surface area contributed by atoms with Gasteiger partial charge in [0.05, 0.1) is 0 Å². The summed E-state index contributed by atoms with van der Waals surface area (Å²) in [6, 6.07) is 7.55. The summed E-state index contributed by atoms with van der Waals surface area (Å²) in [5, 5.41) is 0.479. The molecule has 1 atom stereocenters. The molecule has 0 aromatic heterocycles. The average molecular weight is 258 g/mol. The van der Waals surface area contributed by atoms with E-state index in [2.05, 4.69) is 31.9 Å². The Bertz CT molecular complexity index is 454. The van der Waals surface area contributed by atoms with Crippen LogP contribution in [-0.4, -0.2) is 17.8 Å². The van der Waals surface area contributed by atoms with Crippen LogP contribution in [0.4, 0.5) is 0 Å². The van der Waals surface area contributed by atoms with Crippen LogP contribution in [0.1, 0.15) is 22.8 Å². The van der Waals surface area contributed by atoms with Crippen molar-refractivity contribution in [3.63, 3.8) is 0 Å². The molecule has 1 nitrogen and oxygen atoms in total. The Morgan fingerprint density at radius 2 is 2.00 bits per heavy atom. The third kappa shape index (κ3) is 4.38. The predicted octanol–water partition coefficient (Wildman–Crippen LogP) is 4.38. The van der Waals surface area contributed by atoms with Crippen LogP contribution in [-0.2, 0) is 0 Å². The normalized spacial score (nSPS) is 13.6. The Hall–Kier alpha value is -1.54. The lowest BCUT2D eigenvalue weighted by Crippen LogP contribution is -1.89. The monoisotopic (exact) mass is 258 g/mol. The number of rotatable bonds is 6. The van der Waals surface area contributed by atoms with Crippen molar-refractivity contribution in [2.24, 2.45) is 0 Å². The van der Waals surface area contributed by atoms with Crippen LogP contribution in [0.3, 0.4) is 0 Å². The number of thioether (sulfide) groups is 1. The fourth-order valence-electron chi connectivity index (χ4n) is 1.45. The number of allylic oxidation sites excluding steroid dienone is 4. The number of carbonyl (C=O) groups is 1. The lowest BCUT2D eigenvalue weighted by Gasteiger charge is -2.04. The molecule has 0 N–H and O–H groups in total. The molecule has 2 heteroatoms. The minimum atomic E-state index is 0.479. The van der Waals surface area contributed by atoms with E-state index in [1.807, 2.05) is 30.3 Å². The molecule has 0 saturated heterocycles. The predicted molar refractivity (Wildman–Crippen MR) is 82.1 cm³/mol. The first-order valence-corrected chi connectivity index (χ1v) is 7.09. The maximum Gasteiger partial charge on any atom is 0.150 e. The number of hydrogen-bond acceptors (Lipinski definition) is 2. The molecule has 1 aromatic rings. The van der Waals surface area contributed by atoms with Crippen molar-refractivity contribution in [2.75, 3.05) is 6.26 Å². The molecule has 0 aliphatic carbocycles. The van der Waals surface area contributed by atoms with Gasteiger partial charge in [0.15, 0.2) is 0 Å². The van der Waals surface area contributed by atoms with Gasteiger partial charge < -0.3 is 0 Å². The molecule has 0 aliphatic rings. The summed E-state index contributed by atoms with van der Waals surface area (Å²) >= 11 is 1.80. The lowest BCUT2D eigenvalue weighted by atomic mass is 10.0. The molecule has 0 fully saturated rings. The molecular weight excluding hydrogens is 240 g/mol. The van der Waals surface area contributed by atoms with Gasteiger partial charge in [-0.2, -0.15) is 11.8 Å². The molecule has 1 unspecified atom stereocenters. The largest absolute Gasteiger partial charge is 0.298 e. The van der Waals surface area contributed by atoms with E-state index in [0.717, 1.165) is 17.4 Å². The maximum absolute atomic E-state index is 10.6. The number of aldehydes is 1. The van der Waals surface area contributed by atoms with Crippen molar-refractivity contribution >= 4 is 23.6 Å². The minimum absolute atomic E-state index is 0.479. The van der Waals surface area contributed by atoms with E-state index >= 15 is 0 Å². The van der Waals surface area contributed by atoms with Gasteiger partial charge in [0, 0.05) is 10.8 Å². The van der Waals surface area contributed by atoms with E-state index in [4.69, 9.17) is 0 Å². The Morgan fingerprint density at radius 3 is 2.50 bits per heavy atom. The Labute approximate surface area is 113 Å². The molecule has 0 heterocycles. The molecule has 0 amide bonds. The van der Waals surface area contributed by atoms with E-state index in [1.54, 1.807) is 17.8 Å². The summed E-state index contributed by atoms with van der Waals surface area (Å²) < 4.78 is 0. The van der Waals surface area contributed by atoms with Crippen molar-refractivity contribution in [3.8, 4) is 0 Å². The Kier molecular flexibility index (Phi) is 6.23. The fraction of sp³-hybridized carbons (Fsp3) is 0.188. The van der Waals surface area contributed by atoms with Gasteiger partial charge in [0.2, 0.25) is 0 Å². The molecule has 1 rings (SSSR count). The second-order valence-electron chi connectivity index (χ2n) is 3.90. The molecule has 0 radical (unpaired) electrons. The van der Waals surface area contributed by atoms with Gasteiger partial charge in [-0.05, 0) is 24.3 Å². The third-order valence-electron chi connectivity index (χ3n) is 2.60. The fourth-order valence-corrected chi connectivity index (χ4v) is 1.68. The zero-order valence-corrected chi connectivity index (χ0v) is 11.6. The highest BCUT2D eigenvalue weighted by molar-refractivity contribution is 7.99. The topological polar surface area (TPSA) is 17.1 Å². The van der Waals surface area contributed by atoms with Crippen molar-refractivity contribution in [3.05, 3.63) is 66.3 Å². The zero-order valence-electron chi connectivity index (χ0n) is 10.8. The van der Waals surface area contributed by atoms with Crippen LogP contribution in [0.2, 0.25) is 0 Å². The standard InChI is InChI=1S/C16H18OS/c1-4-5-15(9-6-13(2)18-3)16-10-7-14(12-17)8-11-16/h4-13H,1H2,2-3H3/b9-6-,15-5+. The summed E-state index contributed by atoms with van der Waals surface area (Å²) in [6.07, 6.45) is 10.9. The SMILES string of the molecule is C=C/C=C(\C=C/C(C)SC)c1ccc(C=O)cc1. The smallest absolute Gasteiger partial charge is 0.150 e. The van der Waals surface area contributed by atoms with E-state index < -0.39 is 0 Å². The van der Waals surface area contributed by atoms with E-state index in [0.29, 0.717) is 10.8 Å². The number of hydrogen-bond donors (Lipinski definition) is 0. The van der Waals surface area contributed by atoms with E-state index in [1.165, 1.54) is 0 Å². The lowest BCUT2D eigenvalue weighted by molar-refractivity contribution is 0.112. The van der Waals surface area contributed by atoms with Crippen LogP contribution >= 0.6 is 11.8 Å². The Balaban J connectivity index is 2.97. The van der Waals surface area contributed by atoms with Gasteiger partial charge in [-0.15, -0.1) is 0 Å². The van der Waals surface area contributed by atoms with Gasteiger partial charge in [0.1, 0.15) is 6.29 Å². The quantitative estimate of drug-likeness (QED) is 0.556. The first kappa shape index (κ1) is 14.5. The van der Waals surface area contributed by atoms with Gasteiger partial charge in [0.25, 0.3) is 0 Å².